The van der Waals surface area contributed by atoms with Crippen LogP contribution in [0.15, 0.2) is 10.6 Å². The lowest BCUT2D eigenvalue weighted by Gasteiger charge is -2.27. The number of carbonyl (C=O) groups excluding carboxylic acids is 1. The summed E-state index contributed by atoms with van der Waals surface area (Å²) in [5, 5.41) is 6.97. The van der Waals surface area contributed by atoms with Crippen molar-refractivity contribution in [2.24, 2.45) is 0 Å². The van der Waals surface area contributed by atoms with Gasteiger partial charge < -0.3 is 9.84 Å². The van der Waals surface area contributed by atoms with Gasteiger partial charge in [-0.3, -0.25) is 9.69 Å². The molecule has 7 nitrogen and oxygen atoms in total. The Morgan fingerprint density at radius 3 is 2.96 bits per heavy atom. The summed E-state index contributed by atoms with van der Waals surface area (Å²) in [4.78, 5) is 14.4. The predicted octanol–water partition coefficient (Wildman–Crippen LogP) is 0.813. The smallest absolute Gasteiger partial charge is 0.234 e. The number of hydrogen-bond acceptors (Lipinski definition) is 6. The molecule has 2 aliphatic heterocycles. The van der Waals surface area contributed by atoms with E-state index in [1.165, 1.54) is 0 Å². The number of hydrogen-bond donors (Lipinski definition) is 1. The summed E-state index contributed by atoms with van der Waals surface area (Å²) < 4.78 is 28.4. The molecule has 0 radical (unpaired) electrons. The molecule has 3 rings (SSSR count). The molecule has 128 valence electrons. The van der Waals surface area contributed by atoms with E-state index in [2.05, 4.69) is 15.4 Å². The second-order valence-electron chi connectivity index (χ2n) is 6.94. The minimum absolute atomic E-state index is 0.0254. The zero-order valence-electron chi connectivity index (χ0n) is 13.5. The zero-order chi connectivity index (χ0) is 16.7. The van der Waals surface area contributed by atoms with Crippen LogP contribution in [0.1, 0.15) is 43.7 Å². The van der Waals surface area contributed by atoms with Crippen LogP contribution in [0.3, 0.4) is 0 Å². The van der Waals surface area contributed by atoms with E-state index in [1.54, 1.807) is 6.92 Å². The maximum absolute atomic E-state index is 12.4. The van der Waals surface area contributed by atoms with Crippen molar-refractivity contribution in [1.82, 2.24) is 15.4 Å². The summed E-state index contributed by atoms with van der Waals surface area (Å²) in [6, 6.07) is 2.00. The van der Waals surface area contributed by atoms with Gasteiger partial charge in [-0.05, 0) is 39.7 Å². The number of nitrogens with one attached hydrogen (secondary N) is 1. The summed E-state index contributed by atoms with van der Waals surface area (Å²) in [6.07, 6.45) is 2.44. The lowest BCUT2D eigenvalue weighted by molar-refractivity contribution is -0.124. The number of aromatic nitrogens is 1. The van der Waals surface area contributed by atoms with E-state index in [9.17, 15) is 13.2 Å². The van der Waals surface area contributed by atoms with Crippen molar-refractivity contribution in [3.8, 4) is 0 Å². The number of rotatable bonds is 4. The average Bonchev–Trinajstić information content (AvgIpc) is 3.10. The van der Waals surface area contributed by atoms with Crippen LogP contribution in [-0.2, 0) is 14.6 Å². The first-order chi connectivity index (χ1) is 10.8. The standard InChI is InChI=1S/C15H23N3O4S/c1-11-8-12(17-22-11)13-4-3-6-18(13)9-14(19)16-15(2)5-7-23(20,21)10-15/h8,13H,3-7,9-10H2,1-2H3,(H,16,19)/t13-,15+/m0/s1. The summed E-state index contributed by atoms with van der Waals surface area (Å²) in [5.41, 5.74) is 0.220. The van der Waals surface area contributed by atoms with Gasteiger partial charge in [-0.1, -0.05) is 5.16 Å². The number of nitrogens with zero attached hydrogens (tertiary/aromatic N) is 2. The highest BCUT2D eigenvalue weighted by molar-refractivity contribution is 7.91. The molecule has 0 unspecified atom stereocenters. The quantitative estimate of drug-likeness (QED) is 0.871. The van der Waals surface area contributed by atoms with Gasteiger partial charge in [0.25, 0.3) is 0 Å². The molecule has 0 aromatic carbocycles. The molecule has 1 amide bonds. The minimum Gasteiger partial charge on any atom is -0.361 e. The average molecular weight is 341 g/mol. The van der Waals surface area contributed by atoms with E-state index < -0.39 is 15.4 Å². The van der Waals surface area contributed by atoms with E-state index >= 15 is 0 Å². The van der Waals surface area contributed by atoms with Crippen LogP contribution < -0.4 is 5.32 Å². The second kappa shape index (κ2) is 5.90. The van der Waals surface area contributed by atoms with E-state index in [4.69, 9.17) is 4.52 Å². The van der Waals surface area contributed by atoms with Crippen molar-refractivity contribution < 1.29 is 17.7 Å². The molecule has 0 saturated carbocycles. The molecular formula is C15H23N3O4S. The Morgan fingerprint density at radius 1 is 1.57 bits per heavy atom. The van der Waals surface area contributed by atoms with E-state index in [-0.39, 0.29) is 30.0 Å². The van der Waals surface area contributed by atoms with Crippen LogP contribution in [0.5, 0.6) is 0 Å². The van der Waals surface area contributed by atoms with Crippen LogP contribution in [0, 0.1) is 6.92 Å². The molecule has 0 bridgehead atoms. The van der Waals surface area contributed by atoms with Crippen LogP contribution in [-0.4, -0.2) is 54.5 Å². The van der Waals surface area contributed by atoms with Gasteiger partial charge in [0.1, 0.15) is 11.5 Å². The molecule has 2 aliphatic rings. The van der Waals surface area contributed by atoms with Crippen molar-refractivity contribution in [2.75, 3.05) is 24.6 Å². The first-order valence-electron chi connectivity index (χ1n) is 7.95. The number of aryl methyl sites for hydroxylation is 1. The third-order valence-electron chi connectivity index (χ3n) is 4.64. The van der Waals surface area contributed by atoms with Crippen LogP contribution in [0.2, 0.25) is 0 Å². The summed E-state index contributed by atoms with van der Waals surface area (Å²) >= 11 is 0. The maximum atomic E-state index is 12.4. The highest BCUT2D eigenvalue weighted by Crippen LogP contribution is 2.31. The Kier molecular flexibility index (Phi) is 4.22. The lowest BCUT2D eigenvalue weighted by Crippen LogP contribution is -2.50. The fraction of sp³-hybridized carbons (Fsp3) is 0.733. The molecule has 1 aromatic heterocycles. The normalized spacial score (nSPS) is 30.6. The SMILES string of the molecule is Cc1cc([C@@H]2CCCN2CC(=O)N[C@]2(C)CCS(=O)(=O)C2)no1. The van der Waals surface area contributed by atoms with Gasteiger partial charge in [-0.25, -0.2) is 8.42 Å². The van der Waals surface area contributed by atoms with Gasteiger partial charge in [0.2, 0.25) is 5.91 Å². The minimum atomic E-state index is -3.03. The van der Waals surface area contributed by atoms with Crippen molar-refractivity contribution >= 4 is 15.7 Å². The van der Waals surface area contributed by atoms with E-state index in [1.807, 2.05) is 13.0 Å². The topological polar surface area (TPSA) is 92.5 Å². The number of carbonyl (C=O) groups is 1. The van der Waals surface area contributed by atoms with Crippen molar-refractivity contribution in [1.29, 1.82) is 0 Å². The molecule has 8 heteroatoms. The summed E-state index contributed by atoms with van der Waals surface area (Å²) in [7, 11) is -3.03. The van der Waals surface area contributed by atoms with Crippen molar-refractivity contribution in [3.05, 3.63) is 17.5 Å². The van der Waals surface area contributed by atoms with Crippen LogP contribution in [0.25, 0.3) is 0 Å². The van der Waals surface area contributed by atoms with E-state index in [0.717, 1.165) is 30.8 Å². The molecule has 0 aliphatic carbocycles. The number of likely N-dealkylation sites (tertiary alicyclic amines) is 1. The Morgan fingerprint density at radius 2 is 2.35 bits per heavy atom. The largest absolute Gasteiger partial charge is 0.361 e. The fourth-order valence-electron chi connectivity index (χ4n) is 3.56. The van der Waals surface area contributed by atoms with Crippen molar-refractivity contribution in [3.63, 3.8) is 0 Å². The zero-order valence-corrected chi connectivity index (χ0v) is 14.4. The molecule has 0 spiro atoms. The third kappa shape index (κ3) is 3.74. The molecule has 1 N–H and O–H groups in total. The van der Waals surface area contributed by atoms with Gasteiger partial charge in [0.05, 0.1) is 29.6 Å². The Labute approximate surface area is 136 Å². The first-order valence-corrected chi connectivity index (χ1v) is 9.77. The Hall–Kier alpha value is -1.41. The van der Waals surface area contributed by atoms with Gasteiger partial charge in [0, 0.05) is 6.07 Å². The van der Waals surface area contributed by atoms with Gasteiger partial charge in [-0.15, -0.1) is 0 Å². The van der Waals surface area contributed by atoms with Gasteiger partial charge in [0.15, 0.2) is 9.84 Å². The Bertz CT molecular complexity index is 699. The fourth-order valence-corrected chi connectivity index (χ4v) is 5.66. The monoisotopic (exact) mass is 341 g/mol. The van der Waals surface area contributed by atoms with Crippen LogP contribution >= 0.6 is 0 Å². The molecule has 3 heterocycles. The highest BCUT2D eigenvalue weighted by atomic mass is 32.2. The van der Waals surface area contributed by atoms with Gasteiger partial charge >= 0.3 is 0 Å². The molecule has 2 saturated heterocycles. The molecule has 1 aromatic rings. The molecular weight excluding hydrogens is 318 g/mol. The summed E-state index contributed by atoms with van der Waals surface area (Å²) in [6.45, 7) is 4.74. The van der Waals surface area contributed by atoms with Gasteiger partial charge in [-0.2, -0.15) is 0 Å². The summed E-state index contributed by atoms with van der Waals surface area (Å²) in [5.74, 6) is 0.808. The lowest BCUT2D eigenvalue weighted by atomic mass is 10.0. The maximum Gasteiger partial charge on any atom is 0.234 e. The molecule has 2 fully saturated rings. The van der Waals surface area contributed by atoms with Crippen LogP contribution in [0.4, 0.5) is 0 Å². The third-order valence-corrected chi connectivity index (χ3v) is 6.55. The molecule has 23 heavy (non-hydrogen) atoms. The predicted molar refractivity (Wildman–Crippen MR) is 84.6 cm³/mol. The molecule has 2 atom stereocenters. The van der Waals surface area contributed by atoms with E-state index in [0.29, 0.717) is 6.42 Å². The van der Waals surface area contributed by atoms with Crippen molar-refractivity contribution in [2.45, 2.75) is 44.7 Å². The highest BCUT2D eigenvalue weighted by Gasteiger charge is 2.40. The first kappa shape index (κ1) is 16.4. The second-order valence-corrected chi connectivity index (χ2v) is 9.13. The number of amides is 1. The Balaban J connectivity index is 1.61. The number of sulfone groups is 1.